The minimum absolute atomic E-state index is 0.0511. The van der Waals surface area contributed by atoms with Crippen molar-refractivity contribution >= 4 is 17.5 Å². The molecule has 1 saturated heterocycles. The van der Waals surface area contributed by atoms with E-state index in [0.29, 0.717) is 19.7 Å². The molecule has 0 aliphatic carbocycles. The van der Waals surface area contributed by atoms with E-state index in [2.05, 4.69) is 5.10 Å². The van der Waals surface area contributed by atoms with Gasteiger partial charge in [0.15, 0.2) is 0 Å². The van der Waals surface area contributed by atoms with Gasteiger partial charge in [-0.05, 0) is 38.3 Å². The van der Waals surface area contributed by atoms with Crippen LogP contribution in [0.2, 0.25) is 5.02 Å². The van der Waals surface area contributed by atoms with Gasteiger partial charge in [-0.2, -0.15) is 5.10 Å². The van der Waals surface area contributed by atoms with E-state index in [4.69, 9.17) is 16.3 Å². The van der Waals surface area contributed by atoms with Gasteiger partial charge in [-0.15, -0.1) is 0 Å². The fourth-order valence-electron chi connectivity index (χ4n) is 3.24. The lowest BCUT2D eigenvalue weighted by Gasteiger charge is -2.21. The van der Waals surface area contributed by atoms with Crippen molar-refractivity contribution in [3.05, 3.63) is 51.8 Å². The summed E-state index contributed by atoms with van der Waals surface area (Å²) in [5.41, 5.74) is 4.12. The fraction of sp³-hybridized carbons (Fsp3) is 0.474. The predicted octanol–water partition coefficient (Wildman–Crippen LogP) is 3.34. The zero-order chi connectivity index (χ0) is 18.0. The summed E-state index contributed by atoms with van der Waals surface area (Å²) in [7, 11) is 1.83. The highest BCUT2D eigenvalue weighted by molar-refractivity contribution is 6.31. The Hall–Kier alpha value is -1.85. The molecule has 1 atom stereocenters. The summed E-state index contributed by atoms with van der Waals surface area (Å²) in [6.07, 6.45) is 1.48. The lowest BCUT2D eigenvalue weighted by atomic mass is 10.1. The van der Waals surface area contributed by atoms with Crippen LogP contribution in [0, 0.1) is 13.8 Å². The zero-order valence-electron chi connectivity index (χ0n) is 15.0. The first-order valence-corrected chi connectivity index (χ1v) is 8.98. The van der Waals surface area contributed by atoms with Crippen molar-refractivity contribution in [3.8, 4) is 0 Å². The standard InChI is InChI=1S/C19H24ClN3O2/c1-13-16(12-22(3)19(24)18-9-6-10-25-18)14(2)23(21-13)11-15-7-4-5-8-17(15)20/h4-5,7-8,18H,6,9-12H2,1-3H3/t18-/m0/s1. The van der Waals surface area contributed by atoms with Gasteiger partial charge in [0, 0.05) is 36.5 Å². The highest BCUT2D eigenvalue weighted by Crippen LogP contribution is 2.21. The Morgan fingerprint density at radius 3 is 2.84 bits per heavy atom. The summed E-state index contributed by atoms with van der Waals surface area (Å²) < 4.78 is 7.46. The topological polar surface area (TPSA) is 47.4 Å². The number of carbonyl (C=O) groups excluding carboxylic acids is 1. The molecule has 2 aromatic rings. The molecule has 0 N–H and O–H groups in total. The third-order valence-electron chi connectivity index (χ3n) is 4.79. The molecule has 0 radical (unpaired) electrons. The molecule has 0 bridgehead atoms. The first-order valence-electron chi connectivity index (χ1n) is 8.60. The van der Waals surface area contributed by atoms with Gasteiger partial charge < -0.3 is 9.64 Å². The van der Waals surface area contributed by atoms with Gasteiger partial charge in [-0.3, -0.25) is 9.48 Å². The van der Waals surface area contributed by atoms with E-state index in [0.717, 1.165) is 40.4 Å². The van der Waals surface area contributed by atoms with E-state index >= 15 is 0 Å². The van der Waals surface area contributed by atoms with Crippen LogP contribution in [-0.4, -0.2) is 40.3 Å². The molecule has 0 unspecified atom stereocenters. The Morgan fingerprint density at radius 2 is 2.16 bits per heavy atom. The summed E-state index contributed by atoms with van der Waals surface area (Å²) in [6.45, 7) is 5.86. The van der Waals surface area contributed by atoms with E-state index in [-0.39, 0.29) is 12.0 Å². The van der Waals surface area contributed by atoms with Crippen LogP contribution < -0.4 is 0 Å². The maximum Gasteiger partial charge on any atom is 0.251 e. The minimum Gasteiger partial charge on any atom is -0.368 e. The number of amides is 1. The molecule has 0 spiro atoms. The van der Waals surface area contributed by atoms with Crippen LogP contribution in [0.1, 0.15) is 35.4 Å². The number of aromatic nitrogens is 2. The molecule has 5 nitrogen and oxygen atoms in total. The van der Waals surface area contributed by atoms with E-state index in [9.17, 15) is 4.79 Å². The van der Waals surface area contributed by atoms with Gasteiger partial charge in [-0.25, -0.2) is 0 Å². The van der Waals surface area contributed by atoms with E-state index < -0.39 is 0 Å². The molecule has 25 heavy (non-hydrogen) atoms. The third kappa shape index (κ3) is 3.88. The summed E-state index contributed by atoms with van der Waals surface area (Å²) in [5, 5.41) is 5.38. The second-order valence-corrected chi connectivity index (χ2v) is 7.00. The molecule has 1 fully saturated rings. The Balaban J connectivity index is 1.75. The third-order valence-corrected chi connectivity index (χ3v) is 5.15. The van der Waals surface area contributed by atoms with Gasteiger partial charge >= 0.3 is 0 Å². The van der Waals surface area contributed by atoms with E-state index in [1.54, 1.807) is 4.90 Å². The largest absolute Gasteiger partial charge is 0.368 e. The van der Waals surface area contributed by atoms with Crippen molar-refractivity contribution in [3.63, 3.8) is 0 Å². The van der Waals surface area contributed by atoms with Crippen molar-refractivity contribution < 1.29 is 9.53 Å². The van der Waals surface area contributed by atoms with Crippen LogP contribution in [0.25, 0.3) is 0 Å². The van der Waals surface area contributed by atoms with Gasteiger partial charge in [0.2, 0.25) is 0 Å². The number of aryl methyl sites for hydroxylation is 1. The van der Waals surface area contributed by atoms with Crippen LogP contribution in [-0.2, 0) is 22.6 Å². The van der Waals surface area contributed by atoms with Crippen molar-refractivity contribution in [1.29, 1.82) is 0 Å². The molecule has 3 rings (SSSR count). The molecule has 1 aliphatic heterocycles. The first kappa shape index (κ1) is 18.0. The number of benzene rings is 1. The predicted molar refractivity (Wildman–Crippen MR) is 97.7 cm³/mol. The Morgan fingerprint density at radius 1 is 1.40 bits per heavy atom. The van der Waals surface area contributed by atoms with Gasteiger partial charge in [-0.1, -0.05) is 29.8 Å². The monoisotopic (exact) mass is 361 g/mol. The van der Waals surface area contributed by atoms with Crippen molar-refractivity contribution in [2.24, 2.45) is 0 Å². The van der Waals surface area contributed by atoms with Crippen molar-refractivity contribution in [2.75, 3.05) is 13.7 Å². The van der Waals surface area contributed by atoms with Gasteiger partial charge in [0.05, 0.1) is 12.2 Å². The molecule has 6 heteroatoms. The van der Waals surface area contributed by atoms with E-state index in [1.807, 2.05) is 49.8 Å². The smallest absolute Gasteiger partial charge is 0.251 e. The van der Waals surface area contributed by atoms with Crippen molar-refractivity contribution in [2.45, 2.75) is 45.9 Å². The fourth-order valence-corrected chi connectivity index (χ4v) is 3.43. The Kier molecular flexibility index (Phi) is 5.45. The maximum absolute atomic E-state index is 12.5. The van der Waals surface area contributed by atoms with Gasteiger partial charge in [0.25, 0.3) is 5.91 Å². The Labute approximate surface area is 153 Å². The molecular formula is C19H24ClN3O2. The number of rotatable bonds is 5. The van der Waals surface area contributed by atoms with Crippen molar-refractivity contribution in [1.82, 2.24) is 14.7 Å². The van der Waals surface area contributed by atoms with E-state index in [1.165, 1.54) is 0 Å². The average Bonchev–Trinajstić information content (AvgIpc) is 3.21. The van der Waals surface area contributed by atoms with Crippen LogP contribution in [0.15, 0.2) is 24.3 Å². The lowest BCUT2D eigenvalue weighted by molar-refractivity contribution is -0.140. The molecule has 1 amide bonds. The number of carbonyl (C=O) groups is 1. The number of halogens is 1. The second-order valence-electron chi connectivity index (χ2n) is 6.59. The van der Waals surface area contributed by atoms with Gasteiger partial charge in [0.1, 0.15) is 6.10 Å². The second kappa shape index (κ2) is 7.58. The summed E-state index contributed by atoms with van der Waals surface area (Å²) in [6, 6.07) is 7.79. The molecule has 134 valence electrons. The van der Waals surface area contributed by atoms with Crippen LogP contribution in [0.3, 0.4) is 0 Å². The summed E-state index contributed by atoms with van der Waals surface area (Å²) in [5.74, 6) is 0.0511. The summed E-state index contributed by atoms with van der Waals surface area (Å²) in [4.78, 5) is 14.2. The summed E-state index contributed by atoms with van der Waals surface area (Å²) >= 11 is 6.26. The molecule has 0 saturated carbocycles. The molecule has 1 aromatic carbocycles. The average molecular weight is 362 g/mol. The number of likely N-dealkylation sites (N-methyl/N-ethyl adjacent to an activating group) is 1. The first-order chi connectivity index (χ1) is 12.0. The Bertz CT molecular complexity index is 766. The quantitative estimate of drug-likeness (QED) is 0.820. The highest BCUT2D eigenvalue weighted by Gasteiger charge is 2.27. The molecule has 1 aromatic heterocycles. The molecule has 2 heterocycles. The van der Waals surface area contributed by atoms with Crippen LogP contribution >= 0.6 is 11.6 Å². The molecule has 1 aliphatic rings. The normalized spacial score (nSPS) is 17.0. The number of nitrogens with zero attached hydrogens (tertiary/aromatic N) is 3. The lowest BCUT2D eigenvalue weighted by Crippen LogP contribution is -2.35. The number of hydrogen-bond donors (Lipinski definition) is 0. The highest BCUT2D eigenvalue weighted by atomic mass is 35.5. The number of ether oxygens (including phenoxy) is 1. The van der Waals surface area contributed by atoms with Crippen LogP contribution in [0.4, 0.5) is 0 Å². The minimum atomic E-state index is -0.288. The number of hydrogen-bond acceptors (Lipinski definition) is 3. The van der Waals surface area contributed by atoms with Crippen LogP contribution in [0.5, 0.6) is 0 Å². The zero-order valence-corrected chi connectivity index (χ0v) is 15.7. The molecular weight excluding hydrogens is 338 g/mol. The maximum atomic E-state index is 12.5. The SMILES string of the molecule is Cc1nn(Cc2ccccc2Cl)c(C)c1CN(C)C(=O)[C@@H]1CCCO1.